The summed E-state index contributed by atoms with van der Waals surface area (Å²) < 4.78 is 1.74. The molecule has 1 saturated heterocycles. The van der Waals surface area contributed by atoms with Gasteiger partial charge in [-0.15, -0.1) is 0 Å². The highest BCUT2D eigenvalue weighted by Crippen LogP contribution is 2.23. The van der Waals surface area contributed by atoms with Gasteiger partial charge in [0.05, 0.1) is 11.4 Å². The Morgan fingerprint density at radius 3 is 2.52 bits per heavy atom. The molecule has 1 aliphatic rings. The number of anilines is 1. The molecule has 134 valence electrons. The van der Waals surface area contributed by atoms with Crippen LogP contribution in [0.5, 0.6) is 0 Å². The van der Waals surface area contributed by atoms with E-state index in [1.165, 1.54) is 0 Å². The molecule has 0 aliphatic carbocycles. The number of hydrogen-bond donors (Lipinski definition) is 0. The van der Waals surface area contributed by atoms with Crippen molar-refractivity contribution in [1.82, 2.24) is 24.6 Å². The number of rotatable bonds is 3. The van der Waals surface area contributed by atoms with Gasteiger partial charge in [0, 0.05) is 45.1 Å². The lowest BCUT2D eigenvalue weighted by molar-refractivity contribution is 0.0702. The Labute approximate surface area is 148 Å². The molecular weight excluding hydrogens is 316 g/mol. The van der Waals surface area contributed by atoms with Gasteiger partial charge >= 0.3 is 0 Å². The summed E-state index contributed by atoms with van der Waals surface area (Å²) in [5, 5.41) is 4.31. The number of nitrogens with zero attached hydrogens (tertiary/aromatic N) is 6. The standard InChI is InChI=1S/C18H26N6O/c1-12-11-19-14(3)17(20-12)24-8-6-15(7-9-24)22(4)18(25)16-10-13(2)23(5)21-16/h10-11,15H,6-9H2,1-5H3. The zero-order valence-corrected chi connectivity index (χ0v) is 15.7. The lowest BCUT2D eigenvalue weighted by Gasteiger charge is -2.37. The van der Waals surface area contributed by atoms with Crippen LogP contribution in [-0.2, 0) is 7.05 Å². The summed E-state index contributed by atoms with van der Waals surface area (Å²) in [6.07, 6.45) is 3.64. The van der Waals surface area contributed by atoms with Gasteiger partial charge in [-0.25, -0.2) is 4.98 Å². The van der Waals surface area contributed by atoms with Crippen LogP contribution in [-0.4, -0.2) is 56.7 Å². The van der Waals surface area contributed by atoms with E-state index in [0.717, 1.165) is 48.8 Å². The van der Waals surface area contributed by atoms with Crippen molar-refractivity contribution in [3.05, 3.63) is 35.0 Å². The van der Waals surface area contributed by atoms with E-state index in [1.807, 2.05) is 45.8 Å². The van der Waals surface area contributed by atoms with Crippen molar-refractivity contribution < 1.29 is 4.79 Å². The minimum atomic E-state index is -0.00585. The summed E-state index contributed by atoms with van der Waals surface area (Å²) in [6.45, 7) is 7.66. The number of carbonyl (C=O) groups is 1. The zero-order chi connectivity index (χ0) is 18.1. The Bertz CT molecular complexity index is 756. The van der Waals surface area contributed by atoms with Crippen LogP contribution in [0, 0.1) is 20.8 Å². The Hall–Kier alpha value is -2.44. The molecule has 1 fully saturated rings. The maximum Gasteiger partial charge on any atom is 0.274 e. The number of hydrogen-bond acceptors (Lipinski definition) is 5. The largest absolute Gasteiger partial charge is 0.355 e. The minimum absolute atomic E-state index is 0.00585. The first-order valence-corrected chi connectivity index (χ1v) is 8.70. The van der Waals surface area contributed by atoms with Gasteiger partial charge in [-0.05, 0) is 39.7 Å². The third-order valence-electron chi connectivity index (χ3n) is 5.02. The molecule has 0 spiro atoms. The Kier molecular flexibility index (Phi) is 4.74. The minimum Gasteiger partial charge on any atom is -0.355 e. The second-order valence-corrected chi connectivity index (χ2v) is 6.85. The summed E-state index contributed by atoms with van der Waals surface area (Å²) >= 11 is 0. The molecule has 2 aromatic rings. The van der Waals surface area contributed by atoms with Crippen LogP contribution < -0.4 is 4.90 Å². The molecule has 3 heterocycles. The molecule has 0 radical (unpaired) electrons. The molecule has 7 heteroatoms. The summed E-state index contributed by atoms with van der Waals surface area (Å²) in [6, 6.07) is 2.07. The monoisotopic (exact) mass is 342 g/mol. The lowest BCUT2D eigenvalue weighted by atomic mass is 10.0. The summed E-state index contributed by atoms with van der Waals surface area (Å²) in [7, 11) is 3.74. The van der Waals surface area contributed by atoms with E-state index in [2.05, 4.69) is 20.0 Å². The SMILES string of the molecule is Cc1cnc(C)c(N2CCC(N(C)C(=O)c3cc(C)n(C)n3)CC2)n1. The van der Waals surface area contributed by atoms with E-state index in [0.29, 0.717) is 5.69 Å². The normalized spacial score (nSPS) is 15.5. The van der Waals surface area contributed by atoms with Crippen LogP contribution in [0.15, 0.2) is 12.3 Å². The van der Waals surface area contributed by atoms with Gasteiger partial charge < -0.3 is 9.80 Å². The van der Waals surface area contributed by atoms with E-state index in [1.54, 1.807) is 10.9 Å². The van der Waals surface area contributed by atoms with Gasteiger partial charge in [-0.2, -0.15) is 5.10 Å². The Morgan fingerprint density at radius 2 is 1.92 bits per heavy atom. The number of carbonyl (C=O) groups excluding carboxylic acids is 1. The van der Waals surface area contributed by atoms with Crippen molar-refractivity contribution in [2.45, 2.75) is 39.7 Å². The number of piperidine rings is 1. The molecule has 25 heavy (non-hydrogen) atoms. The van der Waals surface area contributed by atoms with Gasteiger partial charge in [0.15, 0.2) is 5.69 Å². The molecule has 0 aromatic carbocycles. The molecule has 1 aliphatic heterocycles. The van der Waals surface area contributed by atoms with Gasteiger partial charge in [-0.3, -0.25) is 14.5 Å². The quantitative estimate of drug-likeness (QED) is 0.852. The van der Waals surface area contributed by atoms with Crippen molar-refractivity contribution in [2.75, 3.05) is 25.0 Å². The van der Waals surface area contributed by atoms with Crippen LogP contribution in [0.2, 0.25) is 0 Å². The third kappa shape index (κ3) is 3.50. The van der Waals surface area contributed by atoms with E-state index < -0.39 is 0 Å². The van der Waals surface area contributed by atoms with Gasteiger partial charge in [0.2, 0.25) is 0 Å². The van der Waals surface area contributed by atoms with Crippen molar-refractivity contribution >= 4 is 11.7 Å². The van der Waals surface area contributed by atoms with E-state index in [9.17, 15) is 4.79 Å². The molecule has 2 aromatic heterocycles. The zero-order valence-electron chi connectivity index (χ0n) is 15.7. The number of aryl methyl sites for hydroxylation is 4. The summed E-state index contributed by atoms with van der Waals surface area (Å²) in [4.78, 5) is 25.8. The third-order valence-corrected chi connectivity index (χ3v) is 5.02. The summed E-state index contributed by atoms with van der Waals surface area (Å²) in [5.74, 6) is 0.960. The topological polar surface area (TPSA) is 67.2 Å². The summed E-state index contributed by atoms with van der Waals surface area (Å²) in [5.41, 5.74) is 3.39. The molecule has 1 amide bonds. The van der Waals surface area contributed by atoms with Crippen LogP contribution in [0.1, 0.15) is 40.4 Å². The molecule has 0 bridgehead atoms. The van der Waals surface area contributed by atoms with Crippen molar-refractivity contribution in [3.8, 4) is 0 Å². The molecule has 0 unspecified atom stereocenters. The Balaban J connectivity index is 1.65. The fourth-order valence-electron chi connectivity index (χ4n) is 3.30. The molecule has 0 N–H and O–H groups in total. The molecule has 0 atom stereocenters. The molecular formula is C18H26N6O. The second-order valence-electron chi connectivity index (χ2n) is 6.85. The average Bonchev–Trinajstić information content (AvgIpc) is 2.95. The predicted octanol–water partition coefficient (Wildman–Crippen LogP) is 1.88. The van der Waals surface area contributed by atoms with Crippen LogP contribution in [0.4, 0.5) is 5.82 Å². The van der Waals surface area contributed by atoms with E-state index in [4.69, 9.17) is 0 Å². The first kappa shape index (κ1) is 17.4. The smallest absolute Gasteiger partial charge is 0.274 e. The highest BCUT2D eigenvalue weighted by molar-refractivity contribution is 5.92. The van der Waals surface area contributed by atoms with Crippen molar-refractivity contribution in [3.63, 3.8) is 0 Å². The molecule has 7 nitrogen and oxygen atoms in total. The van der Waals surface area contributed by atoms with Gasteiger partial charge in [0.1, 0.15) is 5.82 Å². The van der Waals surface area contributed by atoms with Crippen LogP contribution >= 0.6 is 0 Å². The second kappa shape index (κ2) is 6.82. The molecule has 3 rings (SSSR count). The van der Waals surface area contributed by atoms with Crippen molar-refractivity contribution in [1.29, 1.82) is 0 Å². The fraction of sp³-hybridized carbons (Fsp3) is 0.556. The van der Waals surface area contributed by atoms with Crippen LogP contribution in [0.25, 0.3) is 0 Å². The predicted molar refractivity (Wildman–Crippen MR) is 96.8 cm³/mol. The van der Waals surface area contributed by atoms with Crippen LogP contribution in [0.3, 0.4) is 0 Å². The van der Waals surface area contributed by atoms with Gasteiger partial charge in [0.25, 0.3) is 5.91 Å². The van der Waals surface area contributed by atoms with Gasteiger partial charge in [-0.1, -0.05) is 0 Å². The highest BCUT2D eigenvalue weighted by atomic mass is 16.2. The first-order valence-electron chi connectivity index (χ1n) is 8.70. The first-order chi connectivity index (χ1) is 11.9. The van der Waals surface area contributed by atoms with E-state index in [-0.39, 0.29) is 11.9 Å². The molecule has 0 saturated carbocycles. The average molecular weight is 342 g/mol. The Morgan fingerprint density at radius 1 is 1.24 bits per heavy atom. The number of amides is 1. The maximum absolute atomic E-state index is 12.7. The van der Waals surface area contributed by atoms with E-state index >= 15 is 0 Å². The van der Waals surface area contributed by atoms with Crippen molar-refractivity contribution in [2.24, 2.45) is 7.05 Å². The lowest BCUT2D eigenvalue weighted by Crippen LogP contribution is -2.46. The fourth-order valence-corrected chi connectivity index (χ4v) is 3.30. The maximum atomic E-state index is 12.7. The number of aromatic nitrogens is 4. The highest BCUT2D eigenvalue weighted by Gasteiger charge is 2.28.